The Morgan fingerprint density at radius 3 is 2.17 bits per heavy atom. The summed E-state index contributed by atoms with van der Waals surface area (Å²) in [6.45, 7) is 1.87. The molecule has 0 spiro atoms. The normalized spacial score (nSPS) is 10.2. The summed E-state index contributed by atoms with van der Waals surface area (Å²) in [7, 11) is 0. The standard InChI is InChI=1S/C17H16Cl2N2O2/c1-11-2-4-12(5-3-11)6-16(22)20-10-17(23)21-15-8-13(18)7-14(19)9-15/h2-5,7-9H,6,10H2,1H3,(H,20,22)(H,21,23). The molecule has 0 aliphatic rings. The van der Waals surface area contributed by atoms with Gasteiger partial charge in [0.25, 0.3) is 0 Å². The summed E-state index contributed by atoms with van der Waals surface area (Å²) < 4.78 is 0. The lowest BCUT2D eigenvalue weighted by Crippen LogP contribution is -2.33. The Labute approximate surface area is 144 Å². The fourth-order valence-corrected chi connectivity index (χ4v) is 2.49. The predicted octanol–water partition coefficient (Wildman–Crippen LogP) is 3.60. The molecule has 0 fully saturated rings. The van der Waals surface area contributed by atoms with Crippen molar-refractivity contribution in [2.75, 3.05) is 11.9 Å². The van der Waals surface area contributed by atoms with E-state index in [9.17, 15) is 9.59 Å². The molecule has 0 aliphatic heterocycles. The predicted molar refractivity (Wildman–Crippen MR) is 93.0 cm³/mol. The van der Waals surface area contributed by atoms with Gasteiger partial charge < -0.3 is 10.6 Å². The van der Waals surface area contributed by atoms with Crippen LogP contribution < -0.4 is 10.6 Å². The van der Waals surface area contributed by atoms with Gasteiger partial charge in [-0.05, 0) is 30.7 Å². The number of hydrogen-bond acceptors (Lipinski definition) is 2. The van der Waals surface area contributed by atoms with Gasteiger partial charge in [-0.1, -0.05) is 53.0 Å². The highest BCUT2D eigenvalue weighted by Crippen LogP contribution is 2.22. The minimum atomic E-state index is -0.347. The Hall–Kier alpha value is -2.04. The first-order valence-electron chi connectivity index (χ1n) is 7.00. The van der Waals surface area contributed by atoms with E-state index in [2.05, 4.69) is 10.6 Å². The van der Waals surface area contributed by atoms with Crippen molar-refractivity contribution in [3.05, 3.63) is 63.6 Å². The Kier molecular flexibility index (Phi) is 6.02. The molecule has 2 rings (SSSR count). The second-order valence-electron chi connectivity index (χ2n) is 5.15. The highest BCUT2D eigenvalue weighted by atomic mass is 35.5. The van der Waals surface area contributed by atoms with Gasteiger partial charge in [0.1, 0.15) is 0 Å². The molecule has 0 unspecified atom stereocenters. The van der Waals surface area contributed by atoms with Gasteiger partial charge >= 0.3 is 0 Å². The van der Waals surface area contributed by atoms with Crippen molar-refractivity contribution >= 4 is 40.7 Å². The van der Waals surface area contributed by atoms with Gasteiger partial charge in [-0.25, -0.2) is 0 Å². The topological polar surface area (TPSA) is 58.2 Å². The number of benzene rings is 2. The lowest BCUT2D eigenvalue weighted by molar-refractivity contribution is -0.123. The summed E-state index contributed by atoms with van der Waals surface area (Å²) >= 11 is 11.7. The molecule has 0 heterocycles. The molecule has 0 radical (unpaired) electrons. The summed E-state index contributed by atoms with van der Waals surface area (Å²) in [5.74, 6) is -0.561. The summed E-state index contributed by atoms with van der Waals surface area (Å²) in [6.07, 6.45) is 0.233. The molecule has 2 N–H and O–H groups in total. The van der Waals surface area contributed by atoms with Crippen LogP contribution in [0.15, 0.2) is 42.5 Å². The maximum atomic E-state index is 11.8. The molecular formula is C17H16Cl2N2O2. The second-order valence-corrected chi connectivity index (χ2v) is 6.02. The van der Waals surface area contributed by atoms with Gasteiger partial charge in [-0.15, -0.1) is 0 Å². The van der Waals surface area contributed by atoms with Crippen LogP contribution in [0, 0.1) is 6.92 Å². The van der Waals surface area contributed by atoms with E-state index in [1.165, 1.54) is 0 Å². The SMILES string of the molecule is Cc1ccc(CC(=O)NCC(=O)Nc2cc(Cl)cc(Cl)c2)cc1. The Bertz CT molecular complexity index is 695. The van der Waals surface area contributed by atoms with Gasteiger partial charge in [-0.3, -0.25) is 9.59 Å². The number of halogens is 2. The van der Waals surface area contributed by atoms with E-state index >= 15 is 0 Å². The van der Waals surface area contributed by atoms with E-state index in [0.29, 0.717) is 15.7 Å². The number of carbonyl (C=O) groups is 2. The van der Waals surface area contributed by atoms with E-state index in [1.807, 2.05) is 31.2 Å². The first-order chi connectivity index (χ1) is 10.9. The van der Waals surface area contributed by atoms with Crippen LogP contribution in [0.4, 0.5) is 5.69 Å². The van der Waals surface area contributed by atoms with Crippen molar-refractivity contribution < 1.29 is 9.59 Å². The van der Waals surface area contributed by atoms with Crippen LogP contribution >= 0.6 is 23.2 Å². The van der Waals surface area contributed by atoms with E-state index in [-0.39, 0.29) is 24.8 Å². The van der Waals surface area contributed by atoms with E-state index in [1.54, 1.807) is 18.2 Å². The lowest BCUT2D eigenvalue weighted by Gasteiger charge is -2.08. The van der Waals surface area contributed by atoms with E-state index in [4.69, 9.17) is 23.2 Å². The average molecular weight is 351 g/mol. The molecule has 0 aromatic heterocycles. The van der Waals surface area contributed by atoms with Gasteiger partial charge in [0.2, 0.25) is 11.8 Å². The number of hydrogen-bond donors (Lipinski definition) is 2. The third-order valence-corrected chi connectivity index (χ3v) is 3.51. The van der Waals surface area contributed by atoms with Crippen molar-refractivity contribution in [3.63, 3.8) is 0 Å². The highest BCUT2D eigenvalue weighted by Gasteiger charge is 2.08. The maximum Gasteiger partial charge on any atom is 0.243 e. The summed E-state index contributed by atoms with van der Waals surface area (Å²) in [6, 6.07) is 12.4. The molecule has 0 aliphatic carbocycles. The van der Waals surface area contributed by atoms with E-state index < -0.39 is 0 Å². The number of aryl methyl sites for hydroxylation is 1. The zero-order chi connectivity index (χ0) is 16.8. The monoisotopic (exact) mass is 350 g/mol. The molecular weight excluding hydrogens is 335 g/mol. The number of anilines is 1. The van der Waals surface area contributed by atoms with Crippen molar-refractivity contribution in [1.29, 1.82) is 0 Å². The van der Waals surface area contributed by atoms with Crippen LogP contribution in [0.2, 0.25) is 10.0 Å². The second kappa shape index (κ2) is 7.99. The number of amides is 2. The summed E-state index contributed by atoms with van der Waals surface area (Å²) in [5, 5.41) is 6.06. The lowest BCUT2D eigenvalue weighted by atomic mass is 10.1. The largest absolute Gasteiger partial charge is 0.347 e. The van der Waals surface area contributed by atoms with Crippen LogP contribution in [0.25, 0.3) is 0 Å². The van der Waals surface area contributed by atoms with Gasteiger partial charge in [-0.2, -0.15) is 0 Å². The molecule has 0 bridgehead atoms. The zero-order valence-corrected chi connectivity index (χ0v) is 14.0. The minimum Gasteiger partial charge on any atom is -0.347 e. The smallest absolute Gasteiger partial charge is 0.243 e. The fourth-order valence-electron chi connectivity index (χ4n) is 1.96. The van der Waals surface area contributed by atoms with Gasteiger partial charge in [0.05, 0.1) is 13.0 Å². The molecule has 23 heavy (non-hydrogen) atoms. The average Bonchev–Trinajstić information content (AvgIpc) is 2.46. The van der Waals surface area contributed by atoms with Crippen molar-refractivity contribution in [2.24, 2.45) is 0 Å². The molecule has 0 saturated heterocycles. The van der Waals surface area contributed by atoms with Crippen molar-refractivity contribution in [3.8, 4) is 0 Å². The first kappa shape index (κ1) is 17.3. The van der Waals surface area contributed by atoms with Crippen molar-refractivity contribution in [2.45, 2.75) is 13.3 Å². The molecule has 6 heteroatoms. The quantitative estimate of drug-likeness (QED) is 0.865. The molecule has 2 aromatic carbocycles. The summed E-state index contributed by atoms with van der Waals surface area (Å²) in [5.41, 5.74) is 2.52. The number of rotatable bonds is 5. The van der Waals surface area contributed by atoms with Crippen LogP contribution in [-0.4, -0.2) is 18.4 Å². The fraction of sp³-hybridized carbons (Fsp3) is 0.176. The summed E-state index contributed by atoms with van der Waals surface area (Å²) in [4.78, 5) is 23.7. The van der Waals surface area contributed by atoms with Crippen molar-refractivity contribution in [1.82, 2.24) is 5.32 Å². The third-order valence-electron chi connectivity index (χ3n) is 3.08. The van der Waals surface area contributed by atoms with Crippen LogP contribution in [0.5, 0.6) is 0 Å². The molecule has 4 nitrogen and oxygen atoms in total. The number of nitrogens with one attached hydrogen (secondary N) is 2. The minimum absolute atomic E-state index is 0.116. The highest BCUT2D eigenvalue weighted by molar-refractivity contribution is 6.35. The van der Waals surface area contributed by atoms with Crippen LogP contribution in [-0.2, 0) is 16.0 Å². The Balaban J connectivity index is 1.81. The van der Waals surface area contributed by atoms with Gasteiger partial charge in [0, 0.05) is 15.7 Å². The molecule has 120 valence electrons. The molecule has 0 saturated carbocycles. The van der Waals surface area contributed by atoms with Gasteiger partial charge in [0.15, 0.2) is 0 Å². The zero-order valence-electron chi connectivity index (χ0n) is 12.5. The molecule has 2 amide bonds. The third kappa shape index (κ3) is 5.93. The molecule has 0 atom stereocenters. The first-order valence-corrected chi connectivity index (χ1v) is 7.76. The Morgan fingerprint density at radius 2 is 1.57 bits per heavy atom. The maximum absolute atomic E-state index is 11.8. The molecule has 2 aromatic rings. The number of carbonyl (C=O) groups excluding carboxylic acids is 2. The van der Waals surface area contributed by atoms with E-state index in [0.717, 1.165) is 11.1 Å². The van der Waals surface area contributed by atoms with Crippen LogP contribution in [0.3, 0.4) is 0 Å². The Morgan fingerprint density at radius 1 is 0.957 bits per heavy atom. The van der Waals surface area contributed by atoms with Crippen LogP contribution in [0.1, 0.15) is 11.1 Å².